The molecule has 2 heteroatoms. The number of benzene rings is 2. The maximum Gasteiger partial charge on any atom is 0.129 e. The summed E-state index contributed by atoms with van der Waals surface area (Å²) >= 11 is 0. The summed E-state index contributed by atoms with van der Waals surface area (Å²) in [6, 6.07) is 12.0. The van der Waals surface area contributed by atoms with E-state index in [4.69, 9.17) is 0 Å². The van der Waals surface area contributed by atoms with E-state index in [-0.39, 0.29) is 0 Å². The van der Waals surface area contributed by atoms with Gasteiger partial charge in [-0.15, -0.1) is 0 Å². The van der Waals surface area contributed by atoms with Crippen LogP contribution < -0.4 is 0 Å². The third-order valence-electron chi connectivity index (χ3n) is 3.25. The van der Waals surface area contributed by atoms with Gasteiger partial charge in [-0.05, 0) is 35.6 Å². The molecular weight excluding hydrogens is 242 g/mol. The smallest absolute Gasteiger partial charge is 0.129 e. The summed E-state index contributed by atoms with van der Waals surface area (Å²) in [7, 11) is 0. The Morgan fingerprint density at radius 1 is 0.895 bits per heavy atom. The summed E-state index contributed by atoms with van der Waals surface area (Å²) in [5.41, 5.74) is 2.89. The van der Waals surface area contributed by atoms with Crippen LogP contribution in [0, 0.1) is 11.6 Å². The lowest BCUT2D eigenvalue weighted by Gasteiger charge is -2.05. The van der Waals surface area contributed by atoms with E-state index in [1.165, 1.54) is 30.5 Å². The largest absolute Gasteiger partial charge is 0.207 e. The molecule has 2 aromatic carbocycles. The minimum atomic E-state index is -0.531. The lowest BCUT2D eigenvalue weighted by atomic mass is 10.0. The van der Waals surface area contributed by atoms with Crippen molar-refractivity contribution in [1.82, 2.24) is 0 Å². The van der Waals surface area contributed by atoms with Crippen molar-refractivity contribution < 1.29 is 8.78 Å². The Kier molecular flexibility index (Phi) is 4.67. The van der Waals surface area contributed by atoms with Crippen LogP contribution >= 0.6 is 0 Å². The lowest BCUT2D eigenvalue weighted by molar-refractivity contribution is 0.574. The molecule has 0 atom stereocenters. The Morgan fingerprint density at radius 3 is 2.21 bits per heavy atom. The number of hydrogen-bond acceptors (Lipinski definition) is 0. The number of hydrogen-bond donors (Lipinski definition) is 0. The molecule has 0 radical (unpaired) electrons. The molecule has 2 rings (SSSR count). The zero-order valence-electron chi connectivity index (χ0n) is 11.1. The summed E-state index contributed by atoms with van der Waals surface area (Å²) in [4.78, 5) is 0. The van der Waals surface area contributed by atoms with E-state index in [1.807, 2.05) is 12.1 Å². The van der Waals surface area contributed by atoms with Gasteiger partial charge in [0.05, 0.1) is 0 Å². The fraction of sp³-hybridized carbons (Fsp3) is 0.294. The Balaban J connectivity index is 2.06. The topological polar surface area (TPSA) is 0 Å². The molecule has 0 heterocycles. The molecular formula is C17H18F2. The monoisotopic (exact) mass is 260 g/mol. The molecule has 0 amide bonds. The number of halogens is 2. The highest BCUT2D eigenvalue weighted by atomic mass is 19.1. The van der Waals surface area contributed by atoms with Gasteiger partial charge in [0.15, 0.2) is 0 Å². The number of unbranched alkanes of at least 4 members (excludes halogenated alkanes) is 1. The fourth-order valence-electron chi connectivity index (χ4n) is 2.09. The van der Waals surface area contributed by atoms with Crippen molar-refractivity contribution in [3.63, 3.8) is 0 Å². The van der Waals surface area contributed by atoms with Crippen molar-refractivity contribution in [1.29, 1.82) is 0 Å². The van der Waals surface area contributed by atoms with E-state index in [0.717, 1.165) is 18.1 Å². The Morgan fingerprint density at radius 2 is 1.58 bits per heavy atom. The van der Waals surface area contributed by atoms with E-state index < -0.39 is 11.6 Å². The summed E-state index contributed by atoms with van der Waals surface area (Å²) in [6.07, 6.45) is 3.95. The SMILES string of the molecule is CCCCc1ccc(Cc2ccc(F)cc2F)cc1. The molecule has 0 aliphatic heterocycles. The van der Waals surface area contributed by atoms with Gasteiger partial charge >= 0.3 is 0 Å². The highest BCUT2D eigenvalue weighted by Gasteiger charge is 2.04. The Labute approximate surface area is 113 Å². The second-order valence-electron chi connectivity index (χ2n) is 4.83. The number of rotatable bonds is 5. The standard InChI is InChI=1S/C17H18F2/c1-2-3-4-13-5-7-14(8-6-13)11-15-9-10-16(18)12-17(15)19/h5-10,12H,2-4,11H2,1H3. The van der Waals surface area contributed by atoms with Crippen LogP contribution in [0.15, 0.2) is 42.5 Å². The van der Waals surface area contributed by atoms with Crippen molar-refractivity contribution in [2.45, 2.75) is 32.6 Å². The van der Waals surface area contributed by atoms with Gasteiger partial charge in [0.2, 0.25) is 0 Å². The van der Waals surface area contributed by atoms with Crippen LogP contribution in [0.3, 0.4) is 0 Å². The average molecular weight is 260 g/mol. The molecule has 0 aliphatic rings. The molecule has 0 aromatic heterocycles. The maximum atomic E-state index is 13.5. The van der Waals surface area contributed by atoms with Crippen molar-refractivity contribution in [3.8, 4) is 0 Å². The van der Waals surface area contributed by atoms with Crippen LogP contribution in [0.25, 0.3) is 0 Å². The van der Waals surface area contributed by atoms with Crippen molar-refractivity contribution in [2.24, 2.45) is 0 Å². The van der Waals surface area contributed by atoms with Gasteiger partial charge in [-0.3, -0.25) is 0 Å². The van der Waals surface area contributed by atoms with Gasteiger partial charge < -0.3 is 0 Å². The summed E-state index contributed by atoms with van der Waals surface area (Å²) in [5, 5.41) is 0. The third kappa shape index (κ3) is 3.88. The van der Waals surface area contributed by atoms with E-state index in [9.17, 15) is 8.78 Å². The molecule has 0 N–H and O–H groups in total. The first-order valence-electron chi connectivity index (χ1n) is 6.71. The van der Waals surface area contributed by atoms with Gasteiger partial charge in [-0.1, -0.05) is 43.7 Å². The zero-order valence-corrected chi connectivity index (χ0v) is 11.1. The maximum absolute atomic E-state index is 13.5. The van der Waals surface area contributed by atoms with Gasteiger partial charge in [0.1, 0.15) is 11.6 Å². The molecule has 0 nitrogen and oxygen atoms in total. The Bertz CT molecular complexity index is 529. The van der Waals surface area contributed by atoms with Crippen LogP contribution in [0.2, 0.25) is 0 Å². The first-order valence-corrected chi connectivity index (χ1v) is 6.71. The quantitative estimate of drug-likeness (QED) is 0.717. The molecule has 0 saturated heterocycles. The Hall–Kier alpha value is -1.70. The molecule has 0 unspecified atom stereocenters. The van der Waals surface area contributed by atoms with Gasteiger partial charge in [-0.25, -0.2) is 8.78 Å². The highest BCUT2D eigenvalue weighted by molar-refractivity contribution is 5.29. The second-order valence-corrected chi connectivity index (χ2v) is 4.83. The molecule has 2 aromatic rings. The minimum absolute atomic E-state index is 0.477. The van der Waals surface area contributed by atoms with Crippen LogP contribution in [0.4, 0.5) is 8.78 Å². The van der Waals surface area contributed by atoms with Crippen molar-refractivity contribution in [3.05, 3.63) is 70.8 Å². The average Bonchev–Trinajstić information content (AvgIpc) is 2.41. The van der Waals surface area contributed by atoms with Crippen LogP contribution in [0.5, 0.6) is 0 Å². The third-order valence-corrected chi connectivity index (χ3v) is 3.25. The molecule has 0 aliphatic carbocycles. The minimum Gasteiger partial charge on any atom is -0.207 e. The summed E-state index contributed by atoms with van der Waals surface area (Å²) in [5.74, 6) is -1.01. The molecule has 0 fully saturated rings. The predicted molar refractivity (Wildman–Crippen MR) is 74.2 cm³/mol. The molecule has 100 valence electrons. The van der Waals surface area contributed by atoms with Crippen molar-refractivity contribution in [2.75, 3.05) is 0 Å². The van der Waals surface area contributed by atoms with Gasteiger partial charge in [0.25, 0.3) is 0 Å². The van der Waals surface area contributed by atoms with E-state index in [0.29, 0.717) is 12.0 Å². The predicted octanol–water partition coefficient (Wildman–Crippen LogP) is 4.90. The second kappa shape index (κ2) is 6.46. The van der Waals surface area contributed by atoms with E-state index in [1.54, 1.807) is 0 Å². The summed E-state index contributed by atoms with van der Waals surface area (Å²) in [6.45, 7) is 2.17. The summed E-state index contributed by atoms with van der Waals surface area (Å²) < 4.78 is 26.4. The molecule has 0 bridgehead atoms. The molecule has 0 saturated carbocycles. The first kappa shape index (κ1) is 13.7. The first-order chi connectivity index (χ1) is 9.19. The lowest BCUT2D eigenvalue weighted by Crippen LogP contribution is -1.94. The normalized spacial score (nSPS) is 10.7. The molecule has 19 heavy (non-hydrogen) atoms. The van der Waals surface area contributed by atoms with Gasteiger partial charge in [0, 0.05) is 12.5 Å². The number of aryl methyl sites for hydroxylation is 1. The van der Waals surface area contributed by atoms with E-state index in [2.05, 4.69) is 19.1 Å². The molecule has 0 spiro atoms. The van der Waals surface area contributed by atoms with Crippen LogP contribution in [-0.4, -0.2) is 0 Å². The zero-order chi connectivity index (χ0) is 13.7. The van der Waals surface area contributed by atoms with Crippen LogP contribution in [-0.2, 0) is 12.8 Å². The van der Waals surface area contributed by atoms with E-state index >= 15 is 0 Å². The fourth-order valence-corrected chi connectivity index (χ4v) is 2.09. The van der Waals surface area contributed by atoms with Crippen LogP contribution in [0.1, 0.15) is 36.5 Å². The van der Waals surface area contributed by atoms with Crippen molar-refractivity contribution >= 4 is 0 Å². The highest BCUT2D eigenvalue weighted by Crippen LogP contribution is 2.16. The van der Waals surface area contributed by atoms with Gasteiger partial charge in [-0.2, -0.15) is 0 Å².